The first-order chi connectivity index (χ1) is 7.81. The lowest BCUT2D eigenvalue weighted by Gasteiger charge is -2.17. The number of hydrogen-bond donors (Lipinski definition) is 0. The third-order valence-corrected chi connectivity index (χ3v) is 2.52. The van der Waals surface area contributed by atoms with Crippen LogP contribution in [0.5, 0.6) is 0 Å². The molecular formula is C12H14N2O2. The number of aliphatic imine (C=N–C) groups is 1. The zero-order valence-electron chi connectivity index (χ0n) is 9.22. The van der Waals surface area contributed by atoms with Crippen LogP contribution in [0.1, 0.15) is 5.56 Å². The maximum Gasteiger partial charge on any atom is 0.267 e. The zero-order chi connectivity index (χ0) is 11.4. The van der Waals surface area contributed by atoms with Gasteiger partial charge in [-0.1, -0.05) is 18.2 Å². The summed E-state index contributed by atoms with van der Waals surface area (Å²) in [6.07, 6.45) is 2.43. The Morgan fingerprint density at radius 1 is 1.44 bits per heavy atom. The predicted molar refractivity (Wildman–Crippen MR) is 62.9 cm³/mol. The largest absolute Gasteiger partial charge is 0.384 e. The molecule has 1 aliphatic rings. The van der Waals surface area contributed by atoms with E-state index in [4.69, 9.17) is 4.74 Å². The van der Waals surface area contributed by atoms with Gasteiger partial charge in [-0.3, -0.25) is 4.79 Å². The standard InChI is InChI=1S/C12H14N2O2/c1-16-7-6-10-4-2-3-5-11(10)14-8-12(15)13-9-14/h2-5,9H,6-8H2,1H3. The second-order valence-electron chi connectivity index (χ2n) is 3.64. The Morgan fingerprint density at radius 2 is 2.25 bits per heavy atom. The molecule has 0 fully saturated rings. The van der Waals surface area contributed by atoms with E-state index < -0.39 is 0 Å². The molecule has 0 radical (unpaired) electrons. The molecule has 0 spiro atoms. The molecule has 0 bridgehead atoms. The summed E-state index contributed by atoms with van der Waals surface area (Å²) < 4.78 is 5.07. The first-order valence-corrected chi connectivity index (χ1v) is 5.22. The predicted octanol–water partition coefficient (Wildman–Crippen LogP) is 1.25. The molecule has 84 valence electrons. The molecular weight excluding hydrogens is 204 g/mol. The molecule has 0 unspecified atom stereocenters. The van der Waals surface area contributed by atoms with Crippen LogP contribution in [0.15, 0.2) is 29.3 Å². The first kappa shape index (κ1) is 10.8. The van der Waals surface area contributed by atoms with Gasteiger partial charge in [0.2, 0.25) is 0 Å². The molecule has 0 saturated carbocycles. The average Bonchev–Trinajstić information content (AvgIpc) is 2.73. The van der Waals surface area contributed by atoms with Crippen molar-refractivity contribution in [3.05, 3.63) is 29.8 Å². The van der Waals surface area contributed by atoms with Gasteiger partial charge >= 0.3 is 0 Å². The molecule has 0 saturated heterocycles. The Kier molecular flexibility index (Phi) is 3.31. The fourth-order valence-electron chi connectivity index (χ4n) is 1.72. The summed E-state index contributed by atoms with van der Waals surface area (Å²) in [6.45, 7) is 1.01. The maximum absolute atomic E-state index is 11.1. The van der Waals surface area contributed by atoms with Gasteiger partial charge in [-0.05, 0) is 18.1 Å². The Morgan fingerprint density at radius 3 is 2.94 bits per heavy atom. The first-order valence-electron chi connectivity index (χ1n) is 5.22. The molecule has 0 aromatic heterocycles. The minimum Gasteiger partial charge on any atom is -0.384 e. The van der Waals surface area contributed by atoms with Crippen LogP contribution < -0.4 is 4.90 Å². The normalized spacial score (nSPS) is 14.8. The van der Waals surface area contributed by atoms with Crippen LogP contribution in [-0.2, 0) is 16.0 Å². The number of rotatable bonds is 4. The van der Waals surface area contributed by atoms with E-state index in [0.29, 0.717) is 13.2 Å². The van der Waals surface area contributed by atoms with Gasteiger partial charge in [-0.15, -0.1) is 0 Å². The summed E-state index contributed by atoms with van der Waals surface area (Å²) in [4.78, 5) is 16.7. The van der Waals surface area contributed by atoms with Crippen molar-refractivity contribution < 1.29 is 9.53 Å². The minimum absolute atomic E-state index is 0.0958. The fraction of sp³-hybridized carbons (Fsp3) is 0.333. The summed E-state index contributed by atoms with van der Waals surface area (Å²) in [5.41, 5.74) is 2.21. The summed E-state index contributed by atoms with van der Waals surface area (Å²) >= 11 is 0. The summed E-state index contributed by atoms with van der Waals surface area (Å²) in [6, 6.07) is 7.99. The van der Waals surface area contributed by atoms with Crippen molar-refractivity contribution in [2.45, 2.75) is 6.42 Å². The third-order valence-electron chi connectivity index (χ3n) is 2.52. The van der Waals surface area contributed by atoms with Crippen molar-refractivity contribution in [2.75, 3.05) is 25.2 Å². The molecule has 1 heterocycles. The van der Waals surface area contributed by atoms with Crippen molar-refractivity contribution in [1.29, 1.82) is 0 Å². The van der Waals surface area contributed by atoms with Crippen LogP contribution in [0.25, 0.3) is 0 Å². The molecule has 0 aliphatic carbocycles. The monoisotopic (exact) mass is 218 g/mol. The molecule has 4 heteroatoms. The van der Waals surface area contributed by atoms with E-state index >= 15 is 0 Å². The zero-order valence-corrected chi connectivity index (χ0v) is 9.22. The van der Waals surface area contributed by atoms with Crippen molar-refractivity contribution in [1.82, 2.24) is 0 Å². The number of anilines is 1. The molecule has 1 amide bonds. The number of ether oxygens (including phenoxy) is 1. The van der Waals surface area contributed by atoms with Gasteiger partial charge in [0.05, 0.1) is 12.9 Å². The smallest absolute Gasteiger partial charge is 0.267 e. The van der Waals surface area contributed by atoms with Crippen LogP contribution in [0.4, 0.5) is 5.69 Å². The van der Waals surface area contributed by atoms with Crippen LogP contribution >= 0.6 is 0 Å². The van der Waals surface area contributed by atoms with E-state index in [9.17, 15) is 4.79 Å². The second kappa shape index (κ2) is 4.90. The van der Waals surface area contributed by atoms with Crippen molar-refractivity contribution in [3.8, 4) is 0 Å². The van der Waals surface area contributed by atoms with E-state index in [-0.39, 0.29) is 5.91 Å². The molecule has 0 atom stereocenters. The van der Waals surface area contributed by atoms with Gasteiger partial charge in [0.1, 0.15) is 6.54 Å². The number of hydrogen-bond acceptors (Lipinski definition) is 3. The van der Waals surface area contributed by atoms with Crippen molar-refractivity contribution in [2.24, 2.45) is 4.99 Å². The van der Waals surface area contributed by atoms with E-state index in [1.165, 1.54) is 5.56 Å². The average molecular weight is 218 g/mol. The second-order valence-corrected chi connectivity index (χ2v) is 3.64. The van der Waals surface area contributed by atoms with Crippen molar-refractivity contribution in [3.63, 3.8) is 0 Å². The Bertz CT molecular complexity index is 415. The molecule has 1 aliphatic heterocycles. The van der Waals surface area contributed by atoms with Gasteiger partial charge in [0, 0.05) is 12.8 Å². The molecule has 16 heavy (non-hydrogen) atoms. The Hall–Kier alpha value is -1.68. The van der Waals surface area contributed by atoms with Gasteiger partial charge in [0.15, 0.2) is 0 Å². The fourth-order valence-corrected chi connectivity index (χ4v) is 1.72. The highest BCUT2D eigenvalue weighted by Gasteiger charge is 2.17. The van der Waals surface area contributed by atoms with Gasteiger partial charge in [-0.25, -0.2) is 4.99 Å². The van der Waals surface area contributed by atoms with Crippen LogP contribution in [0, 0.1) is 0 Å². The number of methoxy groups -OCH3 is 1. The number of nitrogens with zero attached hydrogens (tertiary/aromatic N) is 2. The van der Waals surface area contributed by atoms with Crippen molar-refractivity contribution >= 4 is 17.9 Å². The van der Waals surface area contributed by atoms with Crippen LogP contribution in [0.3, 0.4) is 0 Å². The van der Waals surface area contributed by atoms with Gasteiger partial charge in [-0.2, -0.15) is 0 Å². The van der Waals surface area contributed by atoms with E-state index in [2.05, 4.69) is 4.99 Å². The Balaban J connectivity index is 2.19. The summed E-state index contributed by atoms with van der Waals surface area (Å²) in [5.74, 6) is -0.0958. The molecule has 2 rings (SSSR count). The molecule has 4 nitrogen and oxygen atoms in total. The topological polar surface area (TPSA) is 41.9 Å². The number of carbonyl (C=O) groups is 1. The molecule has 1 aromatic rings. The van der Waals surface area contributed by atoms with E-state index in [1.807, 2.05) is 29.2 Å². The lowest BCUT2D eigenvalue weighted by Crippen LogP contribution is -2.21. The lowest BCUT2D eigenvalue weighted by atomic mass is 10.1. The maximum atomic E-state index is 11.1. The van der Waals surface area contributed by atoms with Gasteiger partial charge < -0.3 is 9.64 Å². The molecule has 1 aromatic carbocycles. The molecule has 0 N–H and O–H groups in total. The van der Waals surface area contributed by atoms with E-state index in [0.717, 1.165) is 12.1 Å². The summed E-state index contributed by atoms with van der Waals surface area (Å²) in [7, 11) is 1.68. The third kappa shape index (κ3) is 2.28. The number of benzene rings is 1. The summed E-state index contributed by atoms with van der Waals surface area (Å²) in [5, 5.41) is 0. The highest BCUT2D eigenvalue weighted by Crippen LogP contribution is 2.21. The number of para-hydroxylation sites is 1. The highest BCUT2D eigenvalue weighted by atomic mass is 16.5. The number of amides is 1. The lowest BCUT2D eigenvalue weighted by molar-refractivity contribution is -0.115. The SMILES string of the molecule is COCCc1ccccc1N1C=NC(=O)C1. The highest BCUT2D eigenvalue weighted by molar-refractivity contribution is 6.02. The Labute approximate surface area is 94.5 Å². The van der Waals surface area contributed by atoms with Crippen LogP contribution in [0.2, 0.25) is 0 Å². The number of carbonyl (C=O) groups excluding carboxylic acids is 1. The van der Waals surface area contributed by atoms with Gasteiger partial charge in [0.25, 0.3) is 5.91 Å². The van der Waals surface area contributed by atoms with E-state index in [1.54, 1.807) is 13.4 Å². The van der Waals surface area contributed by atoms with Crippen LogP contribution in [-0.4, -0.2) is 32.5 Å². The quantitative estimate of drug-likeness (QED) is 0.763. The minimum atomic E-state index is -0.0958.